The van der Waals surface area contributed by atoms with E-state index in [9.17, 15) is 19.8 Å². The van der Waals surface area contributed by atoms with E-state index in [1.54, 1.807) is 0 Å². The topological polar surface area (TPSA) is 117 Å². The minimum absolute atomic E-state index is 0.00634. The molecule has 0 saturated carbocycles. The molecule has 4 rings (SSSR count). The third kappa shape index (κ3) is 9.16. The van der Waals surface area contributed by atoms with Crippen molar-refractivity contribution in [3.05, 3.63) is 131 Å². The number of hydrogen-bond donors (Lipinski definition) is 4. The second-order valence-electron chi connectivity index (χ2n) is 10.2. The number of aliphatic hydroxyl groups excluding tert-OH is 2. The van der Waals surface area contributed by atoms with Crippen LogP contribution in [0.1, 0.15) is 22.3 Å². The molecule has 0 spiro atoms. The molecule has 8 nitrogen and oxygen atoms in total. The van der Waals surface area contributed by atoms with Crippen molar-refractivity contribution in [3.8, 4) is 11.5 Å². The van der Waals surface area contributed by atoms with Crippen molar-refractivity contribution < 1.29 is 29.3 Å². The van der Waals surface area contributed by atoms with E-state index < -0.39 is 17.2 Å². The van der Waals surface area contributed by atoms with Gasteiger partial charge >= 0.3 is 0 Å². The van der Waals surface area contributed by atoms with Crippen LogP contribution in [0.2, 0.25) is 0 Å². The number of carbonyl (C=O) groups excluding carboxylic acids is 2. The molecule has 0 aliphatic rings. The van der Waals surface area contributed by atoms with Crippen LogP contribution in [0, 0.1) is 5.41 Å². The Hall–Kier alpha value is -4.66. The number of ether oxygens (including phenoxy) is 2. The number of hydrogen-bond acceptors (Lipinski definition) is 6. The Bertz CT molecular complexity index is 1300. The van der Waals surface area contributed by atoms with Gasteiger partial charge in [0.25, 0.3) is 0 Å². The van der Waals surface area contributed by atoms with Crippen LogP contribution in [0.3, 0.4) is 0 Å². The van der Waals surface area contributed by atoms with E-state index in [0.717, 1.165) is 22.3 Å². The average molecular weight is 583 g/mol. The first-order valence-corrected chi connectivity index (χ1v) is 14.3. The first-order valence-electron chi connectivity index (χ1n) is 14.3. The lowest BCUT2D eigenvalue weighted by atomic mass is 9.74. The van der Waals surface area contributed by atoms with Gasteiger partial charge in [-0.3, -0.25) is 9.59 Å². The molecule has 0 saturated heterocycles. The van der Waals surface area contributed by atoms with Crippen molar-refractivity contribution in [1.82, 2.24) is 10.6 Å². The highest BCUT2D eigenvalue weighted by Gasteiger charge is 2.45. The minimum Gasteiger partial charge on any atom is -0.489 e. The highest BCUT2D eigenvalue weighted by Crippen LogP contribution is 2.31. The zero-order chi connectivity index (χ0) is 30.3. The molecule has 0 aliphatic heterocycles. The maximum atomic E-state index is 13.7. The summed E-state index contributed by atoms with van der Waals surface area (Å²) in [5.74, 6) is 0.314. The molecular formula is C35H38N2O6. The Labute approximate surface area is 252 Å². The van der Waals surface area contributed by atoms with Gasteiger partial charge in [-0.05, 0) is 59.4 Å². The van der Waals surface area contributed by atoms with E-state index in [0.29, 0.717) is 24.7 Å². The molecule has 0 bridgehead atoms. The van der Waals surface area contributed by atoms with Gasteiger partial charge in [0.15, 0.2) is 0 Å². The molecule has 0 unspecified atom stereocenters. The van der Waals surface area contributed by atoms with Gasteiger partial charge in [0, 0.05) is 13.1 Å². The summed E-state index contributed by atoms with van der Waals surface area (Å²) in [5.41, 5.74) is 2.05. The molecule has 43 heavy (non-hydrogen) atoms. The van der Waals surface area contributed by atoms with Crippen molar-refractivity contribution in [2.24, 2.45) is 5.41 Å². The number of aliphatic hydroxyl groups is 2. The van der Waals surface area contributed by atoms with Gasteiger partial charge in [-0.1, -0.05) is 84.9 Å². The molecule has 0 aliphatic carbocycles. The number of benzene rings is 4. The molecule has 224 valence electrons. The predicted octanol–water partition coefficient (Wildman–Crippen LogP) is 3.83. The molecule has 4 N–H and O–H groups in total. The third-order valence-corrected chi connectivity index (χ3v) is 7.02. The van der Waals surface area contributed by atoms with Crippen LogP contribution in [0.4, 0.5) is 0 Å². The Morgan fingerprint density at radius 1 is 0.535 bits per heavy atom. The van der Waals surface area contributed by atoms with Gasteiger partial charge in [0.2, 0.25) is 11.8 Å². The van der Waals surface area contributed by atoms with E-state index in [1.165, 1.54) is 0 Å². The highest BCUT2D eigenvalue weighted by molar-refractivity contribution is 6.05. The molecule has 0 aromatic heterocycles. The smallest absolute Gasteiger partial charge is 0.236 e. The highest BCUT2D eigenvalue weighted by atomic mass is 16.5. The summed E-state index contributed by atoms with van der Waals surface area (Å²) in [6, 6.07) is 34.3. The van der Waals surface area contributed by atoms with Crippen LogP contribution < -0.4 is 20.1 Å². The van der Waals surface area contributed by atoms with Crippen molar-refractivity contribution in [2.75, 3.05) is 26.3 Å². The van der Waals surface area contributed by atoms with Gasteiger partial charge in [-0.2, -0.15) is 0 Å². The van der Waals surface area contributed by atoms with Crippen LogP contribution in [-0.2, 0) is 35.6 Å². The monoisotopic (exact) mass is 582 g/mol. The predicted molar refractivity (Wildman–Crippen MR) is 164 cm³/mol. The molecular weight excluding hydrogens is 544 g/mol. The lowest BCUT2D eigenvalue weighted by Crippen LogP contribution is -2.55. The molecule has 0 heterocycles. The van der Waals surface area contributed by atoms with Gasteiger partial charge in [0.1, 0.15) is 30.1 Å². The van der Waals surface area contributed by atoms with Gasteiger partial charge in [-0.15, -0.1) is 0 Å². The van der Waals surface area contributed by atoms with Crippen molar-refractivity contribution >= 4 is 11.8 Å². The quantitative estimate of drug-likeness (QED) is 0.149. The number of amides is 2. The molecule has 0 radical (unpaired) electrons. The van der Waals surface area contributed by atoms with Gasteiger partial charge in [-0.25, -0.2) is 0 Å². The lowest BCUT2D eigenvalue weighted by molar-refractivity contribution is -0.144. The minimum atomic E-state index is -1.55. The van der Waals surface area contributed by atoms with Crippen molar-refractivity contribution in [1.29, 1.82) is 0 Å². The SMILES string of the molecule is O=C(NCCO)C(Cc1ccc(OCc2ccccc2)cc1)(Cc1ccc(OCc2ccccc2)cc1)C(=O)NCCO. The Kier molecular flexibility index (Phi) is 11.7. The molecule has 4 aromatic carbocycles. The molecule has 4 aromatic rings. The zero-order valence-electron chi connectivity index (χ0n) is 24.1. The van der Waals surface area contributed by atoms with E-state index >= 15 is 0 Å². The summed E-state index contributed by atoms with van der Waals surface area (Å²) < 4.78 is 11.8. The molecule has 8 heteroatoms. The largest absolute Gasteiger partial charge is 0.489 e. The van der Waals surface area contributed by atoms with Crippen molar-refractivity contribution in [2.45, 2.75) is 26.1 Å². The third-order valence-electron chi connectivity index (χ3n) is 7.02. The number of rotatable bonds is 16. The van der Waals surface area contributed by atoms with Crippen LogP contribution in [-0.4, -0.2) is 48.3 Å². The average Bonchev–Trinajstić information content (AvgIpc) is 3.06. The zero-order valence-corrected chi connectivity index (χ0v) is 24.1. The summed E-state index contributed by atoms with van der Waals surface area (Å²) in [5, 5.41) is 24.2. The van der Waals surface area contributed by atoms with E-state index in [4.69, 9.17) is 9.47 Å². The first kappa shape index (κ1) is 31.3. The summed E-state index contributed by atoms with van der Waals surface area (Å²) in [4.78, 5) is 27.4. The fourth-order valence-corrected chi connectivity index (χ4v) is 4.75. The van der Waals surface area contributed by atoms with E-state index in [-0.39, 0.29) is 39.1 Å². The van der Waals surface area contributed by atoms with Gasteiger partial charge < -0.3 is 30.3 Å². The maximum Gasteiger partial charge on any atom is 0.236 e. The second kappa shape index (κ2) is 16.1. The first-order chi connectivity index (χ1) is 21.0. The number of nitrogens with one attached hydrogen (secondary N) is 2. The molecule has 2 amide bonds. The fourth-order valence-electron chi connectivity index (χ4n) is 4.75. The van der Waals surface area contributed by atoms with Crippen LogP contribution >= 0.6 is 0 Å². The molecule has 0 fully saturated rings. The Morgan fingerprint density at radius 2 is 0.907 bits per heavy atom. The van der Waals surface area contributed by atoms with E-state index in [2.05, 4.69) is 10.6 Å². The Balaban J connectivity index is 1.55. The summed E-state index contributed by atoms with van der Waals surface area (Å²) in [7, 11) is 0. The normalized spacial score (nSPS) is 11.0. The van der Waals surface area contributed by atoms with E-state index in [1.807, 2.05) is 109 Å². The molecule has 0 atom stereocenters. The lowest BCUT2D eigenvalue weighted by Gasteiger charge is -2.32. The van der Waals surface area contributed by atoms with Crippen LogP contribution in [0.25, 0.3) is 0 Å². The summed E-state index contributed by atoms with van der Waals surface area (Å²) in [6.07, 6.45) is 0.180. The van der Waals surface area contributed by atoms with Crippen molar-refractivity contribution in [3.63, 3.8) is 0 Å². The maximum absolute atomic E-state index is 13.7. The van der Waals surface area contributed by atoms with Crippen LogP contribution in [0.5, 0.6) is 11.5 Å². The second-order valence-corrected chi connectivity index (χ2v) is 10.2. The summed E-state index contributed by atoms with van der Waals surface area (Å²) >= 11 is 0. The number of carbonyl (C=O) groups is 2. The van der Waals surface area contributed by atoms with Gasteiger partial charge in [0.05, 0.1) is 13.2 Å². The summed E-state index contributed by atoms with van der Waals surface area (Å²) in [6.45, 7) is 0.325. The van der Waals surface area contributed by atoms with Crippen LogP contribution in [0.15, 0.2) is 109 Å². The fraction of sp³-hybridized carbons (Fsp3) is 0.257. The standard InChI is InChI=1S/C35H38N2O6/c38-21-19-36-33(40)35(34(41)37-20-22-39,23-27-11-15-31(16-12-27)42-25-29-7-3-1-4-8-29)24-28-13-17-32(18-14-28)43-26-30-9-5-2-6-10-30/h1-18,38-39H,19-26H2,(H,36,40)(H,37,41). The Morgan fingerprint density at radius 3 is 1.26 bits per heavy atom.